The van der Waals surface area contributed by atoms with Crippen LogP contribution in [0.5, 0.6) is 0 Å². The Bertz CT molecular complexity index is 12.4. The Hall–Kier alpha value is 2.25. The first-order chi connectivity index (χ1) is 0. The Labute approximate surface area is 103 Å². The molecule has 10 N–H and O–H groups in total. The van der Waals surface area contributed by atoms with Crippen LogP contribution < -0.4 is 51.4 Å². The van der Waals surface area contributed by atoms with Crippen LogP contribution >= 0.6 is 0 Å². The van der Waals surface area contributed by atoms with E-state index in [9.17, 15) is 0 Å². The minimum absolute atomic E-state index is 0. The summed E-state index contributed by atoms with van der Waals surface area (Å²) in [5.74, 6) is 0. The van der Waals surface area contributed by atoms with Crippen LogP contribution in [0.3, 0.4) is 0 Å². The zero-order valence-corrected chi connectivity index (χ0v) is 10.5. The number of rotatable bonds is 0. The van der Waals surface area contributed by atoms with Crippen molar-refractivity contribution in [2.75, 3.05) is 0 Å². The van der Waals surface area contributed by atoms with Gasteiger partial charge in [-0.15, -0.1) is 0 Å². The van der Waals surface area contributed by atoms with Crippen molar-refractivity contribution in [3.05, 3.63) is 0 Å². The standard InChI is InChI=1S/K.5H2O.Sb.3H/h;5*1H2;;;;/q+1;;;;;;;;;-1. The SMILES string of the molecule is O.O.O.O.O.[H-].[K+].[SbH2]. The van der Waals surface area contributed by atoms with Gasteiger partial charge < -0.3 is 28.8 Å². The quantitative estimate of drug-likeness (QED) is 0.376. The number of hydrogen-bond donors (Lipinski definition) is 0. The van der Waals surface area contributed by atoms with Gasteiger partial charge in [0.25, 0.3) is 0 Å². The Balaban J connectivity index is 0. The third kappa shape index (κ3) is 63.5. The van der Waals surface area contributed by atoms with Gasteiger partial charge in [-0.25, -0.2) is 0 Å². The molecule has 0 fully saturated rings. The molecule has 1 radical (unpaired) electrons. The van der Waals surface area contributed by atoms with E-state index in [1.54, 1.807) is 0 Å². The summed E-state index contributed by atoms with van der Waals surface area (Å²) in [5.41, 5.74) is 0. The van der Waals surface area contributed by atoms with E-state index in [1.807, 2.05) is 0 Å². The van der Waals surface area contributed by atoms with Gasteiger partial charge in [0.05, 0.1) is 0 Å². The van der Waals surface area contributed by atoms with Crippen molar-refractivity contribution in [3.63, 3.8) is 0 Å². The molecule has 5 nitrogen and oxygen atoms in total. The van der Waals surface area contributed by atoms with Crippen LogP contribution in [0.1, 0.15) is 1.43 Å². The van der Waals surface area contributed by atoms with Crippen LogP contribution in [0.25, 0.3) is 0 Å². The molecule has 0 aliphatic rings. The minimum atomic E-state index is 0. The van der Waals surface area contributed by atoms with Crippen LogP contribution in [0.2, 0.25) is 0 Å². The summed E-state index contributed by atoms with van der Waals surface area (Å²) < 4.78 is 0. The van der Waals surface area contributed by atoms with Crippen molar-refractivity contribution in [1.29, 1.82) is 0 Å². The van der Waals surface area contributed by atoms with E-state index in [2.05, 4.69) is 0 Å². The predicted octanol–water partition coefficient (Wildman–Crippen LogP) is -7.92. The normalized spacial score (nSPS) is 0. The molecule has 0 aliphatic heterocycles. The Morgan fingerprint density at radius 2 is 0.571 bits per heavy atom. The van der Waals surface area contributed by atoms with E-state index in [1.165, 1.54) is 0 Å². The molecule has 0 aromatic rings. The Morgan fingerprint density at radius 1 is 0.571 bits per heavy atom. The molecule has 0 saturated carbocycles. The van der Waals surface area contributed by atoms with Crippen LogP contribution in [-0.2, 0) is 0 Å². The zero-order valence-electron chi connectivity index (χ0n) is 5.08. The third-order valence-electron chi connectivity index (χ3n) is 0. The molecule has 7 heavy (non-hydrogen) atoms. The van der Waals surface area contributed by atoms with Gasteiger partial charge in [0.15, 0.2) is 0 Å². The second-order valence-electron chi connectivity index (χ2n) is 0. The van der Waals surface area contributed by atoms with Crippen LogP contribution in [0, 0.1) is 0 Å². The van der Waals surface area contributed by atoms with Crippen molar-refractivity contribution >= 4 is 24.4 Å². The Morgan fingerprint density at radius 3 is 0.571 bits per heavy atom. The fraction of sp³-hybridized carbons (Fsp3) is 0. The summed E-state index contributed by atoms with van der Waals surface area (Å²) in [6, 6.07) is 0. The van der Waals surface area contributed by atoms with Crippen LogP contribution in [-0.4, -0.2) is 51.8 Å². The first-order valence-electron chi connectivity index (χ1n) is 0. The monoisotopic (exact) mass is 253 g/mol. The Kier molecular flexibility index (Phi) is 1510. The van der Waals surface area contributed by atoms with Crippen molar-refractivity contribution in [1.82, 2.24) is 0 Å². The van der Waals surface area contributed by atoms with Gasteiger partial charge in [-0.2, -0.15) is 0 Å². The molecule has 0 unspecified atom stereocenters. The molecule has 0 rings (SSSR count). The number of hydrogen-bond acceptors (Lipinski definition) is 0. The molecule has 0 bridgehead atoms. The van der Waals surface area contributed by atoms with Gasteiger partial charge in [0, 0.05) is 0 Å². The molecular weight excluding hydrogens is 241 g/mol. The maximum atomic E-state index is 0. The summed E-state index contributed by atoms with van der Waals surface area (Å²) in [4.78, 5) is 0. The van der Waals surface area contributed by atoms with E-state index in [-0.39, 0.29) is 105 Å². The van der Waals surface area contributed by atoms with Gasteiger partial charge in [0.2, 0.25) is 0 Å². The molecule has 0 aromatic heterocycles. The van der Waals surface area contributed by atoms with Crippen molar-refractivity contribution in [2.45, 2.75) is 0 Å². The molecule has 0 aliphatic carbocycles. The van der Waals surface area contributed by atoms with Gasteiger partial charge in [-0.3, -0.25) is 0 Å². The summed E-state index contributed by atoms with van der Waals surface area (Å²) >= 11 is 0. The average molecular weight is 254 g/mol. The molecule has 0 atom stereocenters. The van der Waals surface area contributed by atoms with Gasteiger partial charge in [0.1, 0.15) is 0 Å². The zero-order chi connectivity index (χ0) is 0. The molecule has 0 heterocycles. The summed E-state index contributed by atoms with van der Waals surface area (Å²) in [6.07, 6.45) is 0. The second-order valence-corrected chi connectivity index (χ2v) is 0. The predicted molar refractivity (Wildman–Crippen MR) is 27.7 cm³/mol. The molecule has 0 saturated heterocycles. The molecule has 7 heteroatoms. The van der Waals surface area contributed by atoms with Crippen LogP contribution in [0.15, 0.2) is 0 Å². The van der Waals surface area contributed by atoms with E-state index >= 15 is 0 Å². The topological polar surface area (TPSA) is 158 Å². The van der Waals surface area contributed by atoms with Crippen LogP contribution in [0.4, 0.5) is 0 Å². The van der Waals surface area contributed by atoms with Gasteiger partial charge in [-0.05, 0) is 0 Å². The maximum absolute atomic E-state index is 0. The molecule has 0 amide bonds. The molecular formula is H13KO5Sb. The van der Waals surface area contributed by atoms with Gasteiger partial charge in [-0.1, -0.05) is 0 Å². The van der Waals surface area contributed by atoms with Crippen molar-refractivity contribution in [2.24, 2.45) is 0 Å². The van der Waals surface area contributed by atoms with Crippen molar-refractivity contribution in [3.8, 4) is 0 Å². The second kappa shape index (κ2) is 85.5. The van der Waals surface area contributed by atoms with E-state index < -0.39 is 0 Å². The van der Waals surface area contributed by atoms with E-state index in [0.717, 1.165) is 0 Å². The molecule has 0 aromatic carbocycles. The third-order valence-corrected chi connectivity index (χ3v) is 0. The first-order valence-corrected chi connectivity index (χ1v) is 0. The first kappa shape index (κ1) is 124. The van der Waals surface area contributed by atoms with Crippen molar-refractivity contribution < 1.29 is 80.2 Å². The van der Waals surface area contributed by atoms with Gasteiger partial charge >= 0.3 is 75.8 Å². The summed E-state index contributed by atoms with van der Waals surface area (Å²) in [5, 5.41) is 0. The fourth-order valence-electron chi connectivity index (χ4n) is 0. The summed E-state index contributed by atoms with van der Waals surface area (Å²) in [6.45, 7) is 0. The fourth-order valence-corrected chi connectivity index (χ4v) is 0. The summed E-state index contributed by atoms with van der Waals surface area (Å²) in [7, 11) is 0. The van der Waals surface area contributed by atoms with E-state index in [4.69, 9.17) is 0 Å². The van der Waals surface area contributed by atoms with E-state index in [0.29, 0.717) is 0 Å². The average Bonchev–Trinajstić information content (AvgIpc) is 0. The molecule has 0 spiro atoms. The molecule has 49 valence electrons.